The van der Waals surface area contributed by atoms with E-state index in [4.69, 9.17) is 4.74 Å². The number of nitrogens with zero attached hydrogens (tertiary/aromatic N) is 4. The number of benzene rings is 2. The highest BCUT2D eigenvalue weighted by Crippen LogP contribution is 2.33. The van der Waals surface area contributed by atoms with Crippen LogP contribution in [0.1, 0.15) is 5.56 Å². The molecule has 0 spiro atoms. The van der Waals surface area contributed by atoms with Crippen LogP contribution in [0.25, 0.3) is 5.69 Å². The van der Waals surface area contributed by atoms with Crippen molar-refractivity contribution in [1.82, 2.24) is 19.7 Å². The van der Waals surface area contributed by atoms with Crippen molar-refractivity contribution < 1.29 is 22.7 Å². The minimum Gasteiger partial charge on any atom is -0.457 e. The molecule has 0 saturated carbocycles. The summed E-state index contributed by atoms with van der Waals surface area (Å²) in [4.78, 5) is 16.4. The molecule has 4 aromatic rings. The molecule has 2 amide bonds. The van der Waals surface area contributed by atoms with Gasteiger partial charge in [0.05, 0.1) is 16.9 Å². The lowest BCUT2D eigenvalue weighted by atomic mass is 10.1. The van der Waals surface area contributed by atoms with Crippen LogP contribution in [-0.4, -0.2) is 25.8 Å². The van der Waals surface area contributed by atoms with Crippen molar-refractivity contribution in [3.8, 4) is 17.2 Å². The van der Waals surface area contributed by atoms with Crippen LogP contribution in [0, 0.1) is 0 Å². The molecule has 2 aromatic heterocycles. The van der Waals surface area contributed by atoms with Crippen LogP contribution in [0.2, 0.25) is 0 Å². The molecular formula is C21H15F3N6O2. The van der Waals surface area contributed by atoms with Crippen LogP contribution in [0.15, 0.2) is 79.6 Å². The fourth-order valence-electron chi connectivity index (χ4n) is 2.80. The first kappa shape index (κ1) is 20.8. The third-order valence-corrected chi connectivity index (χ3v) is 4.27. The van der Waals surface area contributed by atoms with Gasteiger partial charge in [-0.15, -0.1) is 10.2 Å². The van der Waals surface area contributed by atoms with E-state index >= 15 is 0 Å². The van der Waals surface area contributed by atoms with E-state index in [0.29, 0.717) is 17.2 Å². The van der Waals surface area contributed by atoms with Gasteiger partial charge in [-0.1, -0.05) is 0 Å². The maximum Gasteiger partial charge on any atom is 0.416 e. The maximum atomic E-state index is 13.1. The number of urea groups is 1. The Morgan fingerprint density at radius 1 is 0.875 bits per heavy atom. The minimum absolute atomic E-state index is 0.0604. The fraction of sp³-hybridized carbons (Fsp3) is 0.0476. The summed E-state index contributed by atoms with van der Waals surface area (Å²) in [7, 11) is 0. The van der Waals surface area contributed by atoms with Gasteiger partial charge in [-0.2, -0.15) is 13.2 Å². The van der Waals surface area contributed by atoms with Gasteiger partial charge in [-0.3, -0.25) is 9.55 Å². The average molecular weight is 440 g/mol. The van der Waals surface area contributed by atoms with E-state index in [1.165, 1.54) is 23.3 Å². The molecule has 2 heterocycles. The zero-order chi connectivity index (χ0) is 22.6. The molecule has 0 atom stereocenters. The van der Waals surface area contributed by atoms with E-state index in [2.05, 4.69) is 25.8 Å². The monoisotopic (exact) mass is 440 g/mol. The predicted molar refractivity (Wildman–Crippen MR) is 110 cm³/mol. The van der Waals surface area contributed by atoms with Crippen molar-refractivity contribution in [3.05, 3.63) is 85.2 Å². The number of nitrogens with one attached hydrogen (secondary N) is 2. The first-order valence-electron chi connectivity index (χ1n) is 9.21. The number of halogens is 3. The number of amides is 2. The van der Waals surface area contributed by atoms with Gasteiger partial charge < -0.3 is 15.4 Å². The third kappa shape index (κ3) is 5.01. The molecule has 0 aliphatic carbocycles. The molecule has 8 nitrogen and oxygen atoms in total. The summed E-state index contributed by atoms with van der Waals surface area (Å²) in [5, 5.41) is 12.3. The lowest BCUT2D eigenvalue weighted by Gasteiger charge is -2.15. The summed E-state index contributed by atoms with van der Waals surface area (Å²) in [5.41, 5.74) is -0.265. The number of rotatable bonds is 5. The Hall–Kier alpha value is -4.41. The number of hydrogen-bond donors (Lipinski definition) is 2. The smallest absolute Gasteiger partial charge is 0.416 e. The molecule has 0 aliphatic heterocycles. The first-order valence-corrected chi connectivity index (χ1v) is 9.21. The minimum atomic E-state index is -4.57. The summed E-state index contributed by atoms with van der Waals surface area (Å²) in [5.74, 6) is 1.14. The zero-order valence-electron chi connectivity index (χ0n) is 16.2. The van der Waals surface area contributed by atoms with Gasteiger partial charge in [-0.05, 0) is 54.6 Å². The van der Waals surface area contributed by atoms with Gasteiger partial charge in [-0.25, -0.2) is 4.79 Å². The van der Waals surface area contributed by atoms with E-state index in [1.54, 1.807) is 48.8 Å². The highest BCUT2D eigenvalue weighted by atomic mass is 19.4. The number of carbonyl (C=O) groups excluding carboxylic acids is 1. The van der Waals surface area contributed by atoms with Crippen molar-refractivity contribution in [2.24, 2.45) is 0 Å². The standard InChI is InChI=1S/C21H15F3N6O2/c22-21(23,24)14-1-6-19(30-12-26-27-13-30)18(11-14)29-20(31)28-15-2-4-16(5-3-15)32-17-7-9-25-10-8-17/h1-13H,(H2,28,29,31). The Balaban J connectivity index is 1.49. The van der Waals surface area contributed by atoms with Crippen LogP contribution in [0.3, 0.4) is 0 Å². The largest absolute Gasteiger partial charge is 0.457 e. The van der Waals surface area contributed by atoms with E-state index in [0.717, 1.165) is 12.1 Å². The van der Waals surface area contributed by atoms with Crippen molar-refractivity contribution in [3.63, 3.8) is 0 Å². The van der Waals surface area contributed by atoms with E-state index < -0.39 is 17.8 Å². The van der Waals surface area contributed by atoms with Crippen LogP contribution >= 0.6 is 0 Å². The number of alkyl halides is 3. The number of carbonyl (C=O) groups is 1. The molecular weight excluding hydrogens is 425 g/mol. The summed E-state index contributed by atoms with van der Waals surface area (Å²) >= 11 is 0. The summed E-state index contributed by atoms with van der Waals surface area (Å²) in [6.45, 7) is 0. The van der Waals surface area contributed by atoms with Crippen LogP contribution < -0.4 is 15.4 Å². The number of hydrogen-bond acceptors (Lipinski definition) is 5. The molecule has 0 unspecified atom stereocenters. The maximum absolute atomic E-state index is 13.1. The second-order valence-corrected chi connectivity index (χ2v) is 6.49. The number of anilines is 2. The van der Waals surface area contributed by atoms with Gasteiger partial charge in [0.2, 0.25) is 0 Å². The van der Waals surface area contributed by atoms with Gasteiger partial charge in [0.1, 0.15) is 24.2 Å². The van der Waals surface area contributed by atoms with Crippen LogP contribution in [0.4, 0.5) is 29.3 Å². The SMILES string of the molecule is O=C(Nc1ccc(Oc2ccncc2)cc1)Nc1cc(C(F)(F)F)ccc1-n1cnnc1. The molecule has 0 radical (unpaired) electrons. The third-order valence-electron chi connectivity index (χ3n) is 4.27. The molecule has 2 N–H and O–H groups in total. The number of pyridine rings is 1. The zero-order valence-corrected chi connectivity index (χ0v) is 16.2. The van der Waals surface area contributed by atoms with Crippen molar-refractivity contribution in [2.75, 3.05) is 10.6 Å². The molecule has 0 fully saturated rings. The molecule has 162 valence electrons. The van der Waals surface area contributed by atoms with Gasteiger partial charge in [0, 0.05) is 18.1 Å². The van der Waals surface area contributed by atoms with Crippen molar-refractivity contribution >= 4 is 17.4 Å². The first-order chi connectivity index (χ1) is 15.4. The highest BCUT2D eigenvalue weighted by Gasteiger charge is 2.31. The van der Waals surface area contributed by atoms with Crippen molar-refractivity contribution in [1.29, 1.82) is 0 Å². The Morgan fingerprint density at radius 3 is 2.19 bits per heavy atom. The molecule has 0 saturated heterocycles. The molecule has 4 rings (SSSR count). The fourth-order valence-corrected chi connectivity index (χ4v) is 2.80. The second-order valence-electron chi connectivity index (χ2n) is 6.49. The normalized spacial score (nSPS) is 11.1. The summed E-state index contributed by atoms with van der Waals surface area (Å²) < 4.78 is 46.5. The Bertz CT molecular complexity index is 1200. The Morgan fingerprint density at radius 2 is 1.53 bits per heavy atom. The quantitative estimate of drug-likeness (QED) is 0.449. The highest BCUT2D eigenvalue weighted by molar-refractivity contribution is 6.01. The molecule has 0 aliphatic rings. The van der Waals surface area contributed by atoms with Gasteiger partial charge >= 0.3 is 12.2 Å². The molecule has 32 heavy (non-hydrogen) atoms. The van der Waals surface area contributed by atoms with Crippen LogP contribution in [-0.2, 0) is 6.18 Å². The predicted octanol–water partition coefficient (Wildman–Crippen LogP) is 5.12. The lowest BCUT2D eigenvalue weighted by Crippen LogP contribution is -2.21. The number of aromatic nitrogens is 4. The molecule has 2 aromatic carbocycles. The number of ether oxygens (including phenoxy) is 1. The topological polar surface area (TPSA) is 94.0 Å². The summed E-state index contributed by atoms with van der Waals surface area (Å²) in [6.07, 6.45) is 1.25. The average Bonchev–Trinajstić information content (AvgIpc) is 3.30. The Kier molecular flexibility index (Phi) is 5.71. The second kappa shape index (κ2) is 8.76. The lowest BCUT2D eigenvalue weighted by molar-refractivity contribution is -0.137. The van der Waals surface area contributed by atoms with Gasteiger partial charge in [0.25, 0.3) is 0 Å². The molecule has 0 bridgehead atoms. The summed E-state index contributed by atoms with van der Waals surface area (Å²) in [6, 6.07) is 12.1. The van der Waals surface area contributed by atoms with E-state index in [-0.39, 0.29) is 11.4 Å². The Labute approximate surface area is 179 Å². The van der Waals surface area contributed by atoms with Crippen molar-refractivity contribution in [2.45, 2.75) is 6.18 Å². The van der Waals surface area contributed by atoms with E-state index in [1.807, 2.05) is 0 Å². The molecule has 11 heteroatoms. The van der Waals surface area contributed by atoms with E-state index in [9.17, 15) is 18.0 Å². The van der Waals surface area contributed by atoms with Gasteiger partial charge in [0.15, 0.2) is 0 Å². The van der Waals surface area contributed by atoms with Crippen LogP contribution in [0.5, 0.6) is 11.5 Å².